The average molecular weight is 593 g/mol. The zero-order valence-corrected chi connectivity index (χ0v) is 30.3. The van der Waals surface area contributed by atoms with Gasteiger partial charge in [-0.05, 0) is 64.8 Å². The van der Waals surface area contributed by atoms with Crippen LogP contribution in [0.3, 0.4) is 0 Å². The summed E-state index contributed by atoms with van der Waals surface area (Å²) in [6.07, 6.45) is 3.09. The Labute approximate surface area is 251 Å². The number of rotatable bonds is 18. The summed E-state index contributed by atoms with van der Waals surface area (Å²) in [5.41, 5.74) is -2.21. The van der Waals surface area contributed by atoms with E-state index in [0.717, 1.165) is 12.7 Å². The van der Waals surface area contributed by atoms with Crippen molar-refractivity contribution < 1.29 is 23.3 Å². The van der Waals surface area contributed by atoms with Gasteiger partial charge in [0.25, 0.3) is 0 Å². The molecular formula is C32H68N2O5S. The standard InChI is InChI=1S/C28H56N2O5S.2C2H6/c1-23(2,20-31)19-26(7,8)28(11,12)35-16-14-27(9,10)34-17-15-30-22(32)25(5,6)18-24(3,4)21-36(33)29-13;2*1-2/h20,29H,14-19,21H2,1-13H3,(H,30,32);2*1-2H3. The highest BCUT2D eigenvalue weighted by atomic mass is 32.2. The van der Waals surface area contributed by atoms with Crippen LogP contribution in [0.1, 0.15) is 130 Å². The molecule has 0 aliphatic carbocycles. The topological polar surface area (TPSA) is 93.7 Å². The molecule has 0 aromatic rings. The molecule has 0 aliphatic rings. The summed E-state index contributed by atoms with van der Waals surface area (Å²) >= 11 is 0. The van der Waals surface area contributed by atoms with E-state index in [4.69, 9.17) is 9.47 Å². The van der Waals surface area contributed by atoms with Gasteiger partial charge in [-0.25, -0.2) is 8.93 Å². The second-order valence-electron chi connectivity index (χ2n) is 14.1. The Bertz CT molecular complexity index is 744. The molecule has 40 heavy (non-hydrogen) atoms. The summed E-state index contributed by atoms with van der Waals surface area (Å²) in [5.74, 6) is 0.459. The van der Waals surface area contributed by atoms with Crippen LogP contribution < -0.4 is 10.0 Å². The molecule has 1 amide bonds. The number of ether oxygens (including phenoxy) is 2. The average Bonchev–Trinajstić information content (AvgIpc) is 2.82. The highest BCUT2D eigenvalue weighted by molar-refractivity contribution is 7.83. The maximum absolute atomic E-state index is 12.8. The minimum Gasteiger partial charge on any atom is -0.375 e. The molecule has 0 bridgehead atoms. The molecule has 0 saturated heterocycles. The lowest BCUT2D eigenvalue weighted by Gasteiger charge is -2.45. The summed E-state index contributed by atoms with van der Waals surface area (Å²) in [7, 11) is 0.570. The highest BCUT2D eigenvalue weighted by Gasteiger charge is 2.42. The Morgan fingerprint density at radius 3 is 1.75 bits per heavy atom. The van der Waals surface area contributed by atoms with Gasteiger partial charge in [0.05, 0.1) is 35.4 Å². The zero-order chi connectivity index (χ0) is 32.6. The van der Waals surface area contributed by atoms with E-state index in [9.17, 15) is 13.8 Å². The van der Waals surface area contributed by atoms with E-state index < -0.39 is 33.0 Å². The summed E-state index contributed by atoms with van der Waals surface area (Å²) < 4.78 is 27.0. The van der Waals surface area contributed by atoms with E-state index >= 15 is 0 Å². The van der Waals surface area contributed by atoms with Crippen molar-refractivity contribution >= 4 is 23.2 Å². The van der Waals surface area contributed by atoms with Crippen molar-refractivity contribution in [1.29, 1.82) is 0 Å². The number of carbonyl (C=O) groups excluding carboxylic acids is 2. The SMILES string of the molecule is CC.CC.CNS(=O)CC(C)(C)CC(C)(C)C(=O)NCCOC(C)(C)CCOC(C)(C)C(C)(C)CC(C)(C)C=O. The van der Waals surface area contributed by atoms with E-state index in [-0.39, 0.29) is 16.7 Å². The fourth-order valence-corrected chi connectivity index (χ4v) is 5.66. The number of amides is 1. The lowest BCUT2D eigenvalue weighted by Crippen LogP contribution is -2.45. The first-order valence-electron chi connectivity index (χ1n) is 15.1. The van der Waals surface area contributed by atoms with E-state index in [1.807, 2.05) is 83.1 Å². The molecule has 0 heterocycles. The van der Waals surface area contributed by atoms with Gasteiger partial charge in [0.15, 0.2) is 0 Å². The van der Waals surface area contributed by atoms with Gasteiger partial charge in [-0.1, -0.05) is 83.1 Å². The highest BCUT2D eigenvalue weighted by Crippen LogP contribution is 2.43. The first kappa shape index (κ1) is 43.6. The minimum atomic E-state index is -1.11. The summed E-state index contributed by atoms with van der Waals surface area (Å²) in [6.45, 7) is 33.7. The van der Waals surface area contributed by atoms with Crippen molar-refractivity contribution in [2.75, 3.05) is 32.6 Å². The number of hydrogen-bond donors (Lipinski definition) is 2. The quantitative estimate of drug-likeness (QED) is 0.131. The second kappa shape index (κ2) is 18.7. The maximum atomic E-state index is 12.8. The Morgan fingerprint density at radius 1 is 0.800 bits per heavy atom. The zero-order valence-electron chi connectivity index (χ0n) is 29.5. The van der Waals surface area contributed by atoms with Crippen LogP contribution in [0, 0.1) is 21.7 Å². The molecule has 1 unspecified atom stereocenters. The van der Waals surface area contributed by atoms with E-state index in [1.54, 1.807) is 7.05 Å². The number of carbonyl (C=O) groups is 2. The van der Waals surface area contributed by atoms with Crippen LogP contribution >= 0.6 is 0 Å². The van der Waals surface area contributed by atoms with Crippen LogP contribution in [-0.4, -0.2) is 60.2 Å². The van der Waals surface area contributed by atoms with Crippen LogP contribution in [-0.2, 0) is 30.0 Å². The van der Waals surface area contributed by atoms with Crippen molar-refractivity contribution in [1.82, 2.24) is 10.0 Å². The Morgan fingerprint density at radius 2 is 1.30 bits per heavy atom. The Hall–Kier alpha value is -0.830. The van der Waals surface area contributed by atoms with Gasteiger partial charge in [0.2, 0.25) is 5.91 Å². The molecule has 0 rings (SSSR count). The fourth-order valence-electron chi connectivity index (χ4n) is 4.70. The van der Waals surface area contributed by atoms with Crippen molar-refractivity contribution in [3.8, 4) is 0 Å². The minimum absolute atomic E-state index is 0.0298. The lowest BCUT2D eigenvalue weighted by molar-refractivity contribution is -0.136. The maximum Gasteiger partial charge on any atom is 0.225 e. The molecular weight excluding hydrogens is 524 g/mol. The third-order valence-corrected chi connectivity index (χ3v) is 8.68. The molecule has 0 fully saturated rings. The summed E-state index contributed by atoms with van der Waals surface area (Å²) in [5, 5.41) is 3.00. The van der Waals surface area contributed by atoms with Crippen molar-refractivity contribution in [3.63, 3.8) is 0 Å². The number of hydrogen-bond acceptors (Lipinski definition) is 5. The fraction of sp³-hybridized carbons (Fsp3) is 0.938. The Kier molecular flexibility index (Phi) is 20.3. The monoisotopic (exact) mass is 592 g/mol. The Balaban J connectivity index is -0.00000326. The van der Waals surface area contributed by atoms with Crippen molar-refractivity contribution in [3.05, 3.63) is 0 Å². The number of nitrogens with one attached hydrogen (secondary N) is 2. The predicted octanol–water partition coefficient (Wildman–Crippen LogP) is 7.10. The molecule has 8 heteroatoms. The van der Waals surface area contributed by atoms with Crippen LogP contribution in [0.15, 0.2) is 0 Å². The molecule has 2 N–H and O–H groups in total. The first-order chi connectivity index (χ1) is 18.0. The summed E-state index contributed by atoms with van der Waals surface area (Å²) in [6, 6.07) is 0. The van der Waals surface area contributed by atoms with Crippen LogP contribution in [0.25, 0.3) is 0 Å². The normalized spacial score (nSPS) is 13.8. The first-order valence-corrected chi connectivity index (χ1v) is 16.4. The molecule has 0 spiro atoms. The third-order valence-electron chi connectivity index (χ3n) is 7.18. The molecule has 242 valence electrons. The largest absolute Gasteiger partial charge is 0.375 e. The van der Waals surface area contributed by atoms with E-state index in [1.165, 1.54) is 0 Å². The van der Waals surface area contributed by atoms with Crippen LogP contribution in [0.5, 0.6) is 0 Å². The van der Waals surface area contributed by atoms with Crippen LogP contribution in [0.2, 0.25) is 0 Å². The van der Waals surface area contributed by atoms with Gasteiger partial charge in [0.1, 0.15) is 6.29 Å². The molecule has 0 aliphatic heterocycles. The van der Waals surface area contributed by atoms with Gasteiger partial charge in [-0.15, -0.1) is 0 Å². The molecule has 0 radical (unpaired) electrons. The number of aldehydes is 1. The smallest absolute Gasteiger partial charge is 0.225 e. The van der Waals surface area contributed by atoms with Gasteiger partial charge < -0.3 is 19.6 Å². The van der Waals surface area contributed by atoms with E-state index in [2.05, 4.69) is 37.7 Å². The van der Waals surface area contributed by atoms with Gasteiger partial charge in [-0.3, -0.25) is 4.79 Å². The third kappa shape index (κ3) is 17.9. The van der Waals surface area contributed by atoms with Gasteiger partial charge >= 0.3 is 0 Å². The summed E-state index contributed by atoms with van der Waals surface area (Å²) in [4.78, 5) is 24.2. The van der Waals surface area contributed by atoms with Crippen molar-refractivity contribution in [2.45, 2.75) is 141 Å². The molecule has 1 atom stereocenters. The second-order valence-corrected chi connectivity index (χ2v) is 15.4. The molecule has 0 aromatic carbocycles. The van der Waals surface area contributed by atoms with Crippen LogP contribution in [0.4, 0.5) is 0 Å². The predicted molar refractivity (Wildman–Crippen MR) is 173 cm³/mol. The van der Waals surface area contributed by atoms with Crippen molar-refractivity contribution in [2.24, 2.45) is 21.7 Å². The van der Waals surface area contributed by atoms with Gasteiger partial charge in [0, 0.05) is 23.1 Å². The lowest BCUT2D eigenvalue weighted by atomic mass is 9.67. The molecule has 0 saturated carbocycles. The molecule has 0 aromatic heterocycles. The molecule has 7 nitrogen and oxygen atoms in total. The van der Waals surface area contributed by atoms with E-state index in [0.29, 0.717) is 38.4 Å². The van der Waals surface area contributed by atoms with Gasteiger partial charge in [-0.2, -0.15) is 0 Å².